The van der Waals surface area contributed by atoms with E-state index in [0.29, 0.717) is 36.1 Å². The Morgan fingerprint density at radius 2 is 1.61 bits per heavy atom. The Morgan fingerprint density at radius 3 is 2.32 bits per heavy atom. The minimum Gasteiger partial charge on any atom is -0.393 e. The molecule has 0 aromatic heterocycles. The van der Waals surface area contributed by atoms with Crippen LogP contribution in [0.3, 0.4) is 0 Å². The van der Waals surface area contributed by atoms with Crippen LogP contribution in [0.2, 0.25) is 0 Å². The van der Waals surface area contributed by atoms with Crippen molar-refractivity contribution in [3.63, 3.8) is 0 Å². The molecule has 0 saturated heterocycles. The maximum Gasteiger partial charge on any atom is 0.315 e. The number of rotatable bonds is 4. The van der Waals surface area contributed by atoms with Crippen molar-refractivity contribution in [3.8, 4) is 0 Å². The van der Waals surface area contributed by atoms with Gasteiger partial charge in [0.1, 0.15) is 0 Å². The third-order valence-electron chi connectivity index (χ3n) is 14.7. The highest BCUT2D eigenvalue weighted by atomic mass is 16.3. The van der Waals surface area contributed by atoms with Gasteiger partial charge in [-0.2, -0.15) is 0 Å². The molecule has 5 fully saturated rings. The second-order valence-electron chi connectivity index (χ2n) is 16.5. The monoisotopic (exact) mass is 560 g/mol. The maximum absolute atomic E-state index is 13.5. The molecule has 41 heavy (non-hydrogen) atoms. The van der Waals surface area contributed by atoms with E-state index in [2.05, 4.69) is 70.9 Å². The molecule has 0 bridgehead atoms. The SMILES string of the molecule is C=C(C)[C@@H]1CC[C@]2(NC(=O)NCc3ccccc3)CC[C@]3(C)C(CC[C@@H]4C5(C)CC[C@H](O)C(C)(C)[C@@H]5CCC43C)[C@@H]12. The quantitative estimate of drug-likeness (QED) is 0.325. The van der Waals surface area contributed by atoms with Gasteiger partial charge >= 0.3 is 6.03 Å². The van der Waals surface area contributed by atoms with Gasteiger partial charge in [-0.15, -0.1) is 0 Å². The first kappa shape index (κ1) is 29.3. The number of carbonyl (C=O) groups excluding carboxylic acids is 1. The Morgan fingerprint density at radius 1 is 0.878 bits per heavy atom. The highest BCUT2D eigenvalue weighted by Gasteiger charge is 2.71. The van der Waals surface area contributed by atoms with Crippen LogP contribution in [0.5, 0.6) is 0 Å². The van der Waals surface area contributed by atoms with E-state index in [9.17, 15) is 9.90 Å². The first-order chi connectivity index (χ1) is 19.3. The molecule has 0 spiro atoms. The van der Waals surface area contributed by atoms with E-state index in [4.69, 9.17) is 0 Å². The highest BCUT2D eigenvalue weighted by molar-refractivity contribution is 5.75. The number of amides is 2. The maximum atomic E-state index is 13.5. The van der Waals surface area contributed by atoms with Crippen LogP contribution in [0.15, 0.2) is 42.5 Å². The number of hydrogen-bond donors (Lipinski definition) is 3. The predicted octanol–water partition coefficient (Wildman–Crippen LogP) is 8.26. The molecule has 5 saturated carbocycles. The summed E-state index contributed by atoms with van der Waals surface area (Å²) >= 11 is 0. The molecule has 2 amide bonds. The number of aliphatic hydroxyl groups is 1. The van der Waals surface area contributed by atoms with Crippen molar-refractivity contribution in [1.29, 1.82) is 0 Å². The lowest BCUT2D eigenvalue weighted by Gasteiger charge is -2.73. The van der Waals surface area contributed by atoms with Gasteiger partial charge < -0.3 is 15.7 Å². The summed E-state index contributed by atoms with van der Waals surface area (Å²) in [6.45, 7) is 19.9. The van der Waals surface area contributed by atoms with E-state index >= 15 is 0 Å². The van der Waals surface area contributed by atoms with E-state index in [1.54, 1.807) is 0 Å². The molecule has 10 atom stereocenters. The number of hydrogen-bond acceptors (Lipinski definition) is 2. The zero-order valence-corrected chi connectivity index (χ0v) is 26.7. The van der Waals surface area contributed by atoms with Crippen molar-refractivity contribution < 1.29 is 9.90 Å². The third kappa shape index (κ3) is 4.20. The largest absolute Gasteiger partial charge is 0.393 e. The molecule has 1 aromatic rings. The third-order valence-corrected chi connectivity index (χ3v) is 14.7. The van der Waals surface area contributed by atoms with Gasteiger partial charge in [-0.25, -0.2) is 4.79 Å². The van der Waals surface area contributed by atoms with E-state index in [1.165, 1.54) is 37.7 Å². The molecule has 5 aliphatic carbocycles. The first-order valence-corrected chi connectivity index (χ1v) is 16.7. The molecular formula is C37H56N2O2. The Hall–Kier alpha value is -1.81. The van der Waals surface area contributed by atoms with Gasteiger partial charge in [-0.1, -0.05) is 77.1 Å². The van der Waals surface area contributed by atoms with Crippen LogP contribution >= 0.6 is 0 Å². The summed E-state index contributed by atoms with van der Waals surface area (Å²) in [5.41, 5.74) is 3.10. The molecule has 0 aliphatic heterocycles. The summed E-state index contributed by atoms with van der Waals surface area (Å²) in [5, 5.41) is 17.8. The minimum atomic E-state index is -0.180. The van der Waals surface area contributed by atoms with E-state index in [1.807, 2.05) is 18.2 Å². The number of aliphatic hydroxyl groups excluding tert-OH is 1. The summed E-state index contributed by atoms with van der Waals surface area (Å²) in [6, 6.07) is 10.2. The Balaban J connectivity index is 1.29. The summed E-state index contributed by atoms with van der Waals surface area (Å²) in [7, 11) is 0. The molecule has 226 valence electrons. The second-order valence-corrected chi connectivity index (χ2v) is 16.5. The minimum absolute atomic E-state index is 0.0126. The van der Waals surface area contributed by atoms with Crippen molar-refractivity contribution in [2.45, 2.75) is 124 Å². The number of benzene rings is 1. The summed E-state index contributed by atoms with van der Waals surface area (Å²) in [5.74, 6) is 2.81. The zero-order valence-electron chi connectivity index (χ0n) is 26.7. The molecule has 0 radical (unpaired) electrons. The smallest absolute Gasteiger partial charge is 0.315 e. The number of allylic oxidation sites excluding steroid dienone is 1. The van der Waals surface area contributed by atoms with Crippen LogP contribution in [-0.4, -0.2) is 22.8 Å². The fourth-order valence-electron chi connectivity index (χ4n) is 12.4. The van der Waals surface area contributed by atoms with Crippen molar-refractivity contribution >= 4 is 6.03 Å². The van der Waals surface area contributed by atoms with E-state index in [0.717, 1.165) is 37.7 Å². The number of carbonyl (C=O) groups is 1. The normalized spacial score (nSPS) is 46.3. The second kappa shape index (κ2) is 9.86. The van der Waals surface area contributed by atoms with Gasteiger partial charge in [-0.05, 0) is 128 Å². The summed E-state index contributed by atoms with van der Waals surface area (Å²) < 4.78 is 0. The van der Waals surface area contributed by atoms with Gasteiger partial charge in [0.15, 0.2) is 0 Å². The van der Waals surface area contributed by atoms with Crippen molar-refractivity contribution in [1.82, 2.24) is 10.6 Å². The van der Waals surface area contributed by atoms with Crippen LogP contribution in [0.1, 0.15) is 111 Å². The highest BCUT2D eigenvalue weighted by Crippen LogP contribution is 2.76. The summed E-state index contributed by atoms with van der Waals surface area (Å²) in [4.78, 5) is 13.5. The van der Waals surface area contributed by atoms with Crippen molar-refractivity contribution in [3.05, 3.63) is 48.0 Å². The predicted molar refractivity (Wildman–Crippen MR) is 167 cm³/mol. The molecule has 3 unspecified atom stereocenters. The van der Waals surface area contributed by atoms with Crippen LogP contribution in [0, 0.1) is 51.2 Å². The summed E-state index contributed by atoms with van der Waals surface area (Å²) in [6.07, 6.45) is 11.4. The molecule has 1 aromatic carbocycles. The Labute approximate surface area is 249 Å². The zero-order chi connectivity index (χ0) is 29.4. The van der Waals surface area contributed by atoms with Crippen LogP contribution in [0.4, 0.5) is 4.79 Å². The molecule has 5 aliphatic rings. The molecular weight excluding hydrogens is 504 g/mol. The van der Waals surface area contributed by atoms with E-state index in [-0.39, 0.29) is 39.3 Å². The number of urea groups is 1. The fraction of sp³-hybridized carbons (Fsp3) is 0.757. The number of nitrogens with one attached hydrogen (secondary N) is 2. The van der Waals surface area contributed by atoms with Gasteiger partial charge in [0, 0.05) is 12.1 Å². The van der Waals surface area contributed by atoms with Crippen molar-refractivity contribution in [2.24, 2.45) is 51.2 Å². The fourth-order valence-corrected chi connectivity index (χ4v) is 12.4. The standard InChI is InChI=1S/C37H56N2O2/c1-24(2)26-15-20-37(39-32(41)38-23-25-11-9-8-10-12-25)22-21-35(6)27(31(26)37)13-14-29-34(5)18-17-30(40)33(3,4)28(34)16-19-36(29,35)7/h8-12,26-31,40H,1,13-23H2,2-7H3,(H2,38,39,41)/t26-,27?,28-,29+,30-,31+,34?,35+,36?,37-/m0/s1. The van der Waals surface area contributed by atoms with Crippen LogP contribution in [0.25, 0.3) is 0 Å². The molecule has 4 nitrogen and oxygen atoms in total. The Kier molecular flexibility index (Phi) is 7.04. The number of fused-ring (bicyclic) bond motifs is 7. The molecule has 6 rings (SSSR count). The molecule has 4 heteroatoms. The molecule has 0 heterocycles. The van der Waals surface area contributed by atoms with E-state index < -0.39 is 0 Å². The van der Waals surface area contributed by atoms with Gasteiger partial charge in [-0.3, -0.25) is 0 Å². The lowest BCUT2D eigenvalue weighted by molar-refractivity contribution is -0.243. The van der Waals surface area contributed by atoms with Crippen LogP contribution in [-0.2, 0) is 6.54 Å². The topological polar surface area (TPSA) is 61.4 Å². The lowest BCUT2D eigenvalue weighted by Crippen LogP contribution is -2.69. The van der Waals surface area contributed by atoms with Gasteiger partial charge in [0.05, 0.1) is 6.10 Å². The van der Waals surface area contributed by atoms with Crippen molar-refractivity contribution in [2.75, 3.05) is 0 Å². The lowest BCUT2D eigenvalue weighted by atomic mass is 9.32. The average molecular weight is 561 g/mol. The van der Waals surface area contributed by atoms with Gasteiger partial charge in [0.25, 0.3) is 0 Å². The van der Waals surface area contributed by atoms with Gasteiger partial charge in [0.2, 0.25) is 0 Å². The average Bonchev–Trinajstić information content (AvgIpc) is 3.30. The molecule has 3 N–H and O–H groups in total. The van der Waals surface area contributed by atoms with Crippen LogP contribution < -0.4 is 10.6 Å². The Bertz CT molecular complexity index is 1180. The first-order valence-electron chi connectivity index (χ1n) is 16.7.